The monoisotopic (exact) mass is 206 g/mol. The highest BCUT2D eigenvalue weighted by molar-refractivity contribution is 5.77. The van der Waals surface area contributed by atoms with Gasteiger partial charge in [0.05, 0.1) is 13.0 Å². The minimum absolute atomic E-state index is 0.387. The lowest BCUT2D eigenvalue weighted by atomic mass is 10.0. The Kier molecular flexibility index (Phi) is 1.87. The fourth-order valence-corrected chi connectivity index (χ4v) is 2.04. The molecule has 2 aliphatic carbocycles. The van der Waals surface area contributed by atoms with Crippen LogP contribution >= 0.6 is 0 Å². The van der Waals surface area contributed by atoms with Gasteiger partial charge in [0.15, 0.2) is 5.83 Å². The van der Waals surface area contributed by atoms with Gasteiger partial charge in [0, 0.05) is 6.42 Å². The van der Waals surface area contributed by atoms with Crippen molar-refractivity contribution in [1.29, 1.82) is 0 Å². The number of alkyl halides is 2. The van der Waals surface area contributed by atoms with Gasteiger partial charge in [-0.15, -0.1) is 0 Å². The standard InChI is InChI=1S/C9H9F3O2/c1-14-8(13)7-4-2-6(10)9(11,12)3-5(4)7/h2,4-5,7H,3H2,1H3/t4-,5+,7+/m0/s1. The van der Waals surface area contributed by atoms with E-state index in [1.54, 1.807) is 0 Å². The first-order chi connectivity index (χ1) is 6.47. The Morgan fingerprint density at radius 1 is 1.64 bits per heavy atom. The quantitative estimate of drug-likeness (QED) is 0.612. The summed E-state index contributed by atoms with van der Waals surface area (Å²) in [5, 5.41) is 0. The van der Waals surface area contributed by atoms with Crippen LogP contribution in [0.15, 0.2) is 11.9 Å². The number of allylic oxidation sites excluding steroid dienone is 2. The molecule has 78 valence electrons. The van der Waals surface area contributed by atoms with Gasteiger partial charge in [-0.25, -0.2) is 4.39 Å². The van der Waals surface area contributed by atoms with E-state index in [2.05, 4.69) is 4.74 Å². The fraction of sp³-hybridized carbons (Fsp3) is 0.667. The smallest absolute Gasteiger partial charge is 0.309 e. The third-order valence-electron chi connectivity index (χ3n) is 2.88. The highest BCUT2D eigenvalue weighted by Gasteiger charge is 2.62. The first-order valence-corrected chi connectivity index (χ1v) is 4.31. The van der Waals surface area contributed by atoms with Crippen molar-refractivity contribution in [2.45, 2.75) is 12.3 Å². The first kappa shape index (κ1) is 9.55. The third-order valence-corrected chi connectivity index (χ3v) is 2.88. The molecule has 0 radical (unpaired) electrons. The largest absolute Gasteiger partial charge is 0.469 e. The number of esters is 1. The number of hydrogen-bond donors (Lipinski definition) is 0. The Bertz CT molecular complexity index is 311. The van der Waals surface area contributed by atoms with Crippen molar-refractivity contribution in [2.75, 3.05) is 7.11 Å². The van der Waals surface area contributed by atoms with Gasteiger partial charge in [0.2, 0.25) is 0 Å². The van der Waals surface area contributed by atoms with Crippen LogP contribution in [0.25, 0.3) is 0 Å². The molecule has 1 saturated carbocycles. The van der Waals surface area contributed by atoms with Crippen molar-refractivity contribution in [3.63, 3.8) is 0 Å². The van der Waals surface area contributed by atoms with E-state index in [-0.39, 0.29) is 5.92 Å². The molecule has 2 nitrogen and oxygen atoms in total. The van der Waals surface area contributed by atoms with Gasteiger partial charge >= 0.3 is 5.97 Å². The van der Waals surface area contributed by atoms with Gasteiger partial charge in [-0.05, 0) is 17.9 Å². The molecule has 0 aromatic rings. The number of fused-ring (bicyclic) bond motifs is 1. The summed E-state index contributed by atoms with van der Waals surface area (Å²) in [5.74, 6) is -6.74. The maximum Gasteiger partial charge on any atom is 0.309 e. The zero-order valence-corrected chi connectivity index (χ0v) is 7.47. The SMILES string of the molecule is COC(=O)[C@@H]1[C@H]2C=C(F)C(F)(F)C[C@H]21. The average molecular weight is 206 g/mol. The van der Waals surface area contributed by atoms with Crippen LogP contribution in [0.4, 0.5) is 13.2 Å². The zero-order chi connectivity index (χ0) is 10.5. The number of halogens is 3. The Hall–Kier alpha value is -1.00. The van der Waals surface area contributed by atoms with Crippen LogP contribution in [0.5, 0.6) is 0 Å². The lowest BCUT2D eigenvalue weighted by Gasteiger charge is -2.16. The predicted molar refractivity (Wildman–Crippen MR) is 41.2 cm³/mol. The van der Waals surface area contributed by atoms with Crippen LogP contribution in [0, 0.1) is 17.8 Å². The summed E-state index contributed by atoms with van der Waals surface area (Å²) in [7, 11) is 1.20. The summed E-state index contributed by atoms with van der Waals surface area (Å²) >= 11 is 0. The Balaban J connectivity index is 2.14. The highest BCUT2D eigenvalue weighted by Crippen LogP contribution is 2.58. The van der Waals surface area contributed by atoms with E-state index in [4.69, 9.17) is 0 Å². The molecule has 2 rings (SSSR count). The van der Waals surface area contributed by atoms with Crippen LogP contribution in [0.3, 0.4) is 0 Å². The van der Waals surface area contributed by atoms with Crippen molar-refractivity contribution >= 4 is 5.97 Å². The maximum atomic E-state index is 12.8. The third kappa shape index (κ3) is 1.22. The van der Waals surface area contributed by atoms with E-state index < -0.39 is 36.0 Å². The molecular formula is C9H9F3O2. The molecule has 2 aliphatic rings. The molecule has 1 fully saturated rings. The molecule has 0 saturated heterocycles. The van der Waals surface area contributed by atoms with Crippen LogP contribution < -0.4 is 0 Å². The molecule has 0 amide bonds. The molecule has 0 bridgehead atoms. The molecule has 0 aromatic heterocycles. The molecule has 0 unspecified atom stereocenters. The van der Waals surface area contributed by atoms with E-state index in [1.165, 1.54) is 7.11 Å². The van der Waals surface area contributed by atoms with Gasteiger partial charge < -0.3 is 4.74 Å². The van der Waals surface area contributed by atoms with Crippen LogP contribution in [0.1, 0.15) is 6.42 Å². The van der Waals surface area contributed by atoms with Crippen LogP contribution in [-0.4, -0.2) is 19.0 Å². The second-order valence-electron chi connectivity index (χ2n) is 3.71. The van der Waals surface area contributed by atoms with E-state index in [9.17, 15) is 18.0 Å². The molecular weight excluding hydrogens is 197 g/mol. The molecule has 5 heteroatoms. The minimum Gasteiger partial charge on any atom is -0.469 e. The summed E-state index contributed by atoms with van der Waals surface area (Å²) in [4.78, 5) is 11.0. The van der Waals surface area contributed by atoms with Gasteiger partial charge in [-0.1, -0.05) is 0 Å². The second kappa shape index (κ2) is 2.74. The molecule has 14 heavy (non-hydrogen) atoms. The number of carbonyl (C=O) groups is 1. The lowest BCUT2D eigenvalue weighted by molar-refractivity contribution is -0.142. The second-order valence-corrected chi connectivity index (χ2v) is 3.71. The van der Waals surface area contributed by atoms with Gasteiger partial charge in [0.1, 0.15) is 0 Å². The average Bonchev–Trinajstić information content (AvgIpc) is 2.76. The molecule has 0 heterocycles. The lowest BCUT2D eigenvalue weighted by Crippen LogP contribution is -2.21. The number of ether oxygens (including phenoxy) is 1. The minimum atomic E-state index is -3.40. The highest BCUT2D eigenvalue weighted by atomic mass is 19.3. The summed E-state index contributed by atoms with van der Waals surface area (Å²) in [5.41, 5.74) is 0. The van der Waals surface area contributed by atoms with E-state index in [1.807, 2.05) is 0 Å². The molecule has 3 atom stereocenters. The van der Waals surface area contributed by atoms with Gasteiger partial charge in [0.25, 0.3) is 5.92 Å². The maximum absolute atomic E-state index is 12.8. The fourth-order valence-electron chi connectivity index (χ4n) is 2.04. The Morgan fingerprint density at radius 3 is 2.79 bits per heavy atom. The molecule has 0 N–H and O–H groups in total. The van der Waals surface area contributed by atoms with Gasteiger partial charge in [-0.2, -0.15) is 8.78 Å². The van der Waals surface area contributed by atoms with E-state index >= 15 is 0 Å². The van der Waals surface area contributed by atoms with Crippen molar-refractivity contribution in [1.82, 2.24) is 0 Å². The van der Waals surface area contributed by atoms with Gasteiger partial charge in [-0.3, -0.25) is 4.79 Å². The summed E-state index contributed by atoms with van der Waals surface area (Å²) < 4.78 is 42.8. The number of carbonyl (C=O) groups excluding carboxylic acids is 1. The number of hydrogen-bond acceptors (Lipinski definition) is 2. The van der Waals surface area contributed by atoms with Crippen LogP contribution in [-0.2, 0) is 9.53 Å². The Morgan fingerprint density at radius 2 is 2.29 bits per heavy atom. The van der Waals surface area contributed by atoms with Crippen molar-refractivity contribution in [2.24, 2.45) is 17.8 Å². The first-order valence-electron chi connectivity index (χ1n) is 4.31. The molecule has 0 spiro atoms. The van der Waals surface area contributed by atoms with Crippen molar-refractivity contribution in [3.05, 3.63) is 11.9 Å². The Labute approximate surface area is 78.7 Å². The zero-order valence-electron chi connectivity index (χ0n) is 7.47. The number of rotatable bonds is 1. The predicted octanol–water partition coefficient (Wildman–Crippen LogP) is 1.91. The van der Waals surface area contributed by atoms with Crippen molar-refractivity contribution < 1.29 is 22.7 Å². The topological polar surface area (TPSA) is 26.3 Å². The summed E-state index contributed by atoms with van der Waals surface area (Å²) in [6.45, 7) is 0. The number of methoxy groups -OCH3 is 1. The van der Waals surface area contributed by atoms with Crippen molar-refractivity contribution in [3.8, 4) is 0 Å². The molecule has 0 aromatic carbocycles. The summed E-state index contributed by atoms with van der Waals surface area (Å²) in [6.07, 6.45) is 0.273. The van der Waals surface area contributed by atoms with Crippen LogP contribution in [0.2, 0.25) is 0 Å². The normalized spacial score (nSPS) is 38.3. The molecule has 0 aliphatic heterocycles. The van der Waals surface area contributed by atoms with E-state index in [0.29, 0.717) is 0 Å². The summed E-state index contributed by atoms with van der Waals surface area (Å²) in [6, 6.07) is 0. The van der Waals surface area contributed by atoms with E-state index in [0.717, 1.165) is 6.08 Å².